The number of ether oxygens (including phenoxy) is 2. The average molecular weight is 637 g/mol. The fourth-order valence-electron chi connectivity index (χ4n) is 7.17. The minimum atomic E-state index is -3.59. The molecule has 6 rings (SSSR count). The molecule has 2 aromatic rings. The molecule has 2 saturated carbocycles. The molecule has 2 amide bonds. The molecule has 2 bridgehead atoms. The van der Waals surface area contributed by atoms with Gasteiger partial charge >= 0.3 is 12.1 Å². The van der Waals surface area contributed by atoms with E-state index < -0.39 is 83.2 Å². The molecule has 1 saturated heterocycles. The number of carboxylic acids is 1. The van der Waals surface area contributed by atoms with Gasteiger partial charge in [0.1, 0.15) is 24.3 Å². The van der Waals surface area contributed by atoms with Crippen molar-refractivity contribution in [3.8, 4) is 5.88 Å². The van der Waals surface area contributed by atoms with Crippen molar-refractivity contribution in [2.75, 3.05) is 6.54 Å². The first-order valence-corrected chi connectivity index (χ1v) is 15.3. The van der Waals surface area contributed by atoms with Crippen LogP contribution in [-0.4, -0.2) is 68.8 Å². The molecule has 2 aliphatic carbocycles. The van der Waals surface area contributed by atoms with Crippen LogP contribution in [0, 0.1) is 34.8 Å². The van der Waals surface area contributed by atoms with E-state index in [0.717, 1.165) is 17.4 Å². The number of rotatable bonds is 1. The van der Waals surface area contributed by atoms with Gasteiger partial charge < -0.3 is 24.8 Å². The molecule has 3 heterocycles. The third-order valence-corrected chi connectivity index (χ3v) is 9.58. The van der Waals surface area contributed by atoms with Crippen LogP contribution >= 0.6 is 0 Å². The van der Waals surface area contributed by atoms with Crippen LogP contribution in [0.2, 0.25) is 0 Å². The number of hydrogen-bond acceptors (Lipinski definition) is 7. The summed E-state index contributed by atoms with van der Waals surface area (Å²) in [5.74, 6) is -8.07. The van der Waals surface area contributed by atoms with E-state index >= 15 is 8.78 Å². The summed E-state index contributed by atoms with van der Waals surface area (Å²) < 4.78 is 71.4. The molecule has 1 aromatic heterocycles. The first-order valence-electron chi connectivity index (χ1n) is 15.3. The monoisotopic (exact) mass is 636 g/mol. The highest BCUT2D eigenvalue weighted by Gasteiger charge is 2.55. The Morgan fingerprint density at radius 3 is 2.38 bits per heavy atom. The van der Waals surface area contributed by atoms with Crippen LogP contribution < -0.4 is 10.1 Å². The molecule has 2 N–H and O–H groups in total. The summed E-state index contributed by atoms with van der Waals surface area (Å²) in [6.07, 6.45) is -0.520. The number of alkyl carbamates (subject to hydrolysis) is 1. The molecule has 2 aliphatic heterocycles. The van der Waals surface area contributed by atoms with Crippen molar-refractivity contribution < 1.29 is 46.5 Å². The molecular formula is C31H36F4N4O6. The van der Waals surface area contributed by atoms with Crippen molar-refractivity contribution in [1.82, 2.24) is 20.2 Å². The lowest BCUT2D eigenvalue weighted by atomic mass is 9.85. The van der Waals surface area contributed by atoms with Gasteiger partial charge in [0, 0.05) is 25.0 Å². The molecule has 7 atom stereocenters. The fourth-order valence-corrected chi connectivity index (χ4v) is 7.17. The fraction of sp³-hybridized carbons (Fsp3) is 0.645. The van der Waals surface area contributed by atoms with Crippen LogP contribution in [0.3, 0.4) is 0 Å². The highest BCUT2D eigenvalue weighted by Crippen LogP contribution is 2.58. The number of carbonyl (C=O) groups is 3. The van der Waals surface area contributed by atoms with Gasteiger partial charge in [-0.25, -0.2) is 28.3 Å². The number of amides is 2. The van der Waals surface area contributed by atoms with Crippen molar-refractivity contribution in [2.24, 2.45) is 23.2 Å². The Kier molecular flexibility index (Phi) is 7.83. The molecule has 10 nitrogen and oxygen atoms in total. The third-order valence-electron chi connectivity index (χ3n) is 9.58. The number of carboxylic acid groups (broad SMARTS) is 1. The topological polar surface area (TPSA) is 131 Å². The Bertz CT molecular complexity index is 1530. The van der Waals surface area contributed by atoms with Gasteiger partial charge in [0.05, 0.1) is 17.6 Å². The second-order valence-electron chi connectivity index (χ2n) is 13.8. The van der Waals surface area contributed by atoms with Gasteiger partial charge in [0.15, 0.2) is 17.3 Å². The van der Waals surface area contributed by atoms with E-state index in [-0.39, 0.29) is 36.3 Å². The highest BCUT2D eigenvalue weighted by molar-refractivity contribution is 5.90. The largest absolute Gasteiger partial charge is 0.480 e. The first kappa shape index (κ1) is 31.3. The molecule has 14 heteroatoms. The van der Waals surface area contributed by atoms with Crippen LogP contribution in [0.25, 0.3) is 11.0 Å². The van der Waals surface area contributed by atoms with Crippen molar-refractivity contribution in [1.29, 1.82) is 0 Å². The maximum atomic E-state index is 15.8. The normalized spacial score (nSPS) is 31.9. The standard InChI is InChI=1S/C31H36F4N4O6/c1-30(2,3)25-27(40)39-13-15(10-22(39)28(41)42)44-26-24(36-20-11-18(32)19(33)12-21(20)37-26)31(34,35)7-5-4-6-16-17-8-14(17)9-23(16)45-29(43)38-25/h11-12,14-17,22-23,25H,4-10,13H2,1-3H3,(H,38,43)(H,41,42). The molecule has 45 heavy (non-hydrogen) atoms. The van der Waals surface area contributed by atoms with Crippen LogP contribution in [0.5, 0.6) is 5.88 Å². The summed E-state index contributed by atoms with van der Waals surface area (Å²) in [4.78, 5) is 48.4. The van der Waals surface area contributed by atoms with Crippen molar-refractivity contribution >= 4 is 29.0 Å². The Morgan fingerprint density at radius 2 is 1.71 bits per heavy atom. The summed E-state index contributed by atoms with van der Waals surface area (Å²) in [5.41, 5.74) is -2.25. The van der Waals surface area contributed by atoms with Gasteiger partial charge in [-0.1, -0.05) is 27.2 Å². The van der Waals surface area contributed by atoms with Gasteiger partial charge in [-0.15, -0.1) is 0 Å². The molecule has 0 radical (unpaired) electrons. The zero-order chi connectivity index (χ0) is 32.4. The molecule has 4 aliphatic rings. The summed E-state index contributed by atoms with van der Waals surface area (Å²) in [7, 11) is 0. The maximum absolute atomic E-state index is 15.8. The zero-order valence-corrected chi connectivity index (χ0v) is 25.2. The second-order valence-corrected chi connectivity index (χ2v) is 13.8. The van der Waals surface area contributed by atoms with Crippen molar-refractivity contribution in [3.05, 3.63) is 29.5 Å². The van der Waals surface area contributed by atoms with E-state index in [0.29, 0.717) is 37.2 Å². The second kappa shape index (κ2) is 11.3. The number of nitrogens with zero attached hydrogens (tertiary/aromatic N) is 3. The number of benzene rings is 1. The summed E-state index contributed by atoms with van der Waals surface area (Å²) in [6, 6.07) is -1.17. The minimum absolute atomic E-state index is 0.00926. The summed E-state index contributed by atoms with van der Waals surface area (Å²) >= 11 is 0. The minimum Gasteiger partial charge on any atom is -0.480 e. The van der Waals surface area contributed by atoms with Crippen LogP contribution in [0.4, 0.5) is 22.4 Å². The van der Waals surface area contributed by atoms with E-state index in [2.05, 4.69) is 15.3 Å². The van der Waals surface area contributed by atoms with Crippen LogP contribution in [0.1, 0.15) is 71.4 Å². The number of hydrogen-bond donors (Lipinski definition) is 2. The molecule has 244 valence electrons. The zero-order valence-electron chi connectivity index (χ0n) is 25.2. The Balaban J connectivity index is 1.39. The highest BCUT2D eigenvalue weighted by atomic mass is 19.3. The van der Waals surface area contributed by atoms with Gasteiger partial charge in [-0.3, -0.25) is 4.79 Å². The van der Waals surface area contributed by atoms with Crippen LogP contribution in [0.15, 0.2) is 12.1 Å². The van der Waals surface area contributed by atoms with E-state index in [1.54, 1.807) is 20.8 Å². The number of aromatic nitrogens is 2. The van der Waals surface area contributed by atoms with E-state index in [4.69, 9.17) is 9.47 Å². The van der Waals surface area contributed by atoms with Gasteiger partial charge in [-0.2, -0.15) is 8.78 Å². The molecule has 0 spiro atoms. The Morgan fingerprint density at radius 1 is 1.02 bits per heavy atom. The SMILES string of the molecule is CC(C)(C)C1NC(=O)OC2CC3CC3C2CCCCC(F)(F)c2nc3cc(F)c(F)cc3nc2OC2CC(C(=O)O)N(C2)C1=O. The van der Waals surface area contributed by atoms with Gasteiger partial charge in [0.2, 0.25) is 11.8 Å². The Labute approximate surface area is 256 Å². The number of carbonyl (C=O) groups excluding carboxylic acids is 2. The average Bonchev–Trinajstić information content (AvgIpc) is 3.43. The summed E-state index contributed by atoms with van der Waals surface area (Å²) in [6.45, 7) is 4.83. The van der Waals surface area contributed by atoms with Crippen molar-refractivity contribution in [3.63, 3.8) is 0 Å². The first-order chi connectivity index (χ1) is 21.1. The van der Waals surface area contributed by atoms with Crippen LogP contribution in [-0.2, 0) is 20.2 Å². The smallest absolute Gasteiger partial charge is 0.408 e. The molecule has 1 aromatic carbocycles. The predicted molar refractivity (Wildman–Crippen MR) is 150 cm³/mol. The number of nitrogens with one attached hydrogen (secondary N) is 1. The molecule has 7 unspecified atom stereocenters. The summed E-state index contributed by atoms with van der Waals surface area (Å²) in [5, 5.41) is 12.7. The number of alkyl halides is 2. The van der Waals surface area contributed by atoms with E-state index in [1.165, 1.54) is 0 Å². The number of halogens is 4. The number of aliphatic carboxylic acids is 1. The lowest BCUT2D eigenvalue weighted by Crippen LogP contribution is -2.57. The van der Waals surface area contributed by atoms with Gasteiger partial charge in [-0.05, 0) is 48.9 Å². The quantitative estimate of drug-likeness (QED) is 0.410. The number of fused-ring (bicyclic) bond motifs is 7. The molecule has 3 fully saturated rings. The van der Waals surface area contributed by atoms with E-state index in [1.807, 2.05) is 0 Å². The van der Waals surface area contributed by atoms with Crippen molar-refractivity contribution in [2.45, 2.75) is 95.9 Å². The predicted octanol–water partition coefficient (Wildman–Crippen LogP) is 5.17. The lowest BCUT2D eigenvalue weighted by molar-refractivity contribution is -0.150. The lowest BCUT2D eigenvalue weighted by Gasteiger charge is -2.35. The Hall–Kier alpha value is -3.71. The third kappa shape index (κ3) is 6.11. The van der Waals surface area contributed by atoms with Gasteiger partial charge in [0.25, 0.3) is 5.92 Å². The van der Waals surface area contributed by atoms with E-state index in [9.17, 15) is 28.3 Å². The molecular weight excluding hydrogens is 600 g/mol. The maximum Gasteiger partial charge on any atom is 0.408 e.